The molecule has 1 saturated carbocycles. The van der Waals surface area contributed by atoms with Gasteiger partial charge in [-0.1, -0.05) is 42.5 Å². The van der Waals surface area contributed by atoms with E-state index < -0.39 is 29.5 Å². The van der Waals surface area contributed by atoms with E-state index in [-0.39, 0.29) is 12.5 Å². The molecule has 182 valence electrons. The molecule has 1 aliphatic heterocycles. The molecule has 1 N–H and O–H groups in total. The molecule has 2 unspecified atom stereocenters. The number of carbonyl (C=O) groups is 2. The molecule has 8 heteroatoms. The van der Waals surface area contributed by atoms with Crippen LogP contribution < -0.4 is 5.32 Å². The molecule has 0 radical (unpaired) electrons. The van der Waals surface area contributed by atoms with E-state index in [0.717, 1.165) is 16.0 Å². The summed E-state index contributed by atoms with van der Waals surface area (Å²) in [7, 11) is 1.31. The second-order valence-electron chi connectivity index (χ2n) is 9.37. The monoisotopic (exact) mass is 474 g/mol. The second kappa shape index (κ2) is 9.78. The van der Waals surface area contributed by atoms with Gasteiger partial charge in [0.2, 0.25) is 0 Å². The van der Waals surface area contributed by atoms with Crippen molar-refractivity contribution in [2.24, 2.45) is 5.41 Å². The maximum Gasteiger partial charge on any atom is 0.471 e. The molecule has 2 aromatic carbocycles. The zero-order valence-corrected chi connectivity index (χ0v) is 19.1. The topological polar surface area (TPSA) is 58.6 Å². The number of alkyl halides is 3. The summed E-state index contributed by atoms with van der Waals surface area (Å²) in [6.07, 6.45) is -2.65. The first-order valence-corrected chi connectivity index (χ1v) is 11.5. The summed E-state index contributed by atoms with van der Waals surface area (Å²) in [5.41, 5.74) is 1.68. The number of halogens is 3. The number of nitrogens with one attached hydrogen (secondary N) is 1. The Balaban J connectivity index is 1.61. The molecule has 5 nitrogen and oxygen atoms in total. The number of piperidine rings is 1. The average Bonchev–Trinajstić information content (AvgIpc) is 3.63. The predicted octanol–water partition coefficient (Wildman–Crippen LogP) is 4.33. The number of rotatable bonds is 7. The normalized spacial score (nSPS) is 21.5. The van der Waals surface area contributed by atoms with E-state index in [2.05, 4.69) is 5.32 Å². The van der Waals surface area contributed by atoms with Crippen LogP contribution in [0.5, 0.6) is 0 Å². The highest BCUT2D eigenvalue weighted by atomic mass is 19.4. The van der Waals surface area contributed by atoms with Gasteiger partial charge in [-0.3, -0.25) is 4.79 Å². The highest BCUT2D eigenvalue weighted by Crippen LogP contribution is 2.48. The molecule has 0 aromatic heterocycles. The lowest BCUT2D eigenvalue weighted by atomic mass is 9.73. The Morgan fingerprint density at radius 3 is 2.44 bits per heavy atom. The van der Waals surface area contributed by atoms with E-state index in [0.29, 0.717) is 44.3 Å². The summed E-state index contributed by atoms with van der Waals surface area (Å²) in [4.78, 5) is 25.6. The molecule has 2 fully saturated rings. The zero-order valence-electron chi connectivity index (χ0n) is 19.1. The van der Waals surface area contributed by atoms with Crippen LogP contribution in [0.25, 0.3) is 0 Å². The number of methoxy groups -OCH3 is 1. The van der Waals surface area contributed by atoms with Crippen LogP contribution in [0.15, 0.2) is 54.6 Å². The molecule has 2 atom stereocenters. The predicted molar refractivity (Wildman–Crippen MR) is 121 cm³/mol. The molecule has 1 aliphatic carbocycles. The van der Waals surface area contributed by atoms with Crippen molar-refractivity contribution < 1.29 is 27.5 Å². The average molecular weight is 475 g/mol. The van der Waals surface area contributed by atoms with E-state index in [4.69, 9.17) is 4.74 Å². The molecule has 34 heavy (non-hydrogen) atoms. The van der Waals surface area contributed by atoms with Crippen LogP contribution in [-0.4, -0.2) is 55.7 Å². The summed E-state index contributed by atoms with van der Waals surface area (Å²) in [6.45, 7) is 1.36. The van der Waals surface area contributed by atoms with Gasteiger partial charge in [-0.05, 0) is 67.4 Å². The minimum Gasteiger partial charge on any atom is -0.465 e. The van der Waals surface area contributed by atoms with Crippen LogP contribution in [0.3, 0.4) is 0 Å². The van der Waals surface area contributed by atoms with E-state index in [1.165, 1.54) is 7.11 Å². The third-order valence-electron chi connectivity index (χ3n) is 6.99. The first-order valence-electron chi connectivity index (χ1n) is 11.5. The zero-order chi connectivity index (χ0) is 24.3. The summed E-state index contributed by atoms with van der Waals surface area (Å²) in [5, 5.41) is 3.28. The summed E-state index contributed by atoms with van der Waals surface area (Å²) < 4.78 is 45.8. The van der Waals surface area contributed by atoms with Gasteiger partial charge in [0.1, 0.15) is 0 Å². The molecule has 2 aliphatic rings. The third kappa shape index (κ3) is 5.43. The van der Waals surface area contributed by atoms with Crippen molar-refractivity contribution in [3.05, 3.63) is 71.3 Å². The Bertz CT molecular complexity index is 1020. The van der Waals surface area contributed by atoms with E-state index in [1.54, 1.807) is 18.2 Å². The van der Waals surface area contributed by atoms with Crippen molar-refractivity contribution >= 4 is 11.9 Å². The maximum absolute atomic E-state index is 13.6. The van der Waals surface area contributed by atoms with Crippen molar-refractivity contribution in [2.45, 2.75) is 43.8 Å². The number of amides is 1. The number of hydrogen-bond acceptors (Lipinski definition) is 4. The van der Waals surface area contributed by atoms with Crippen LogP contribution in [0, 0.1) is 5.41 Å². The minimum atomic E-state index is -4.93. The highest BCUT2D eigenvalue weighted by molar-refractivity contribution is 5.89. The van der Waals surface area contributed by atoms with Crippen LogP contribution in [0.2, 0.25) is 0 Å². The fourth-order valence-electron chi connectivity index (χ4n) is 5.16. The van der Waals surface area contributed by atoms with Crippen molar-refractivity contribution in [3.63, 3.8) is 0 Å². The van der Waals surface area contributed by atoms with Gasteiger partial charge in [0, 0.05) is 18.5 Å². The fourth-order valence-corrected chi connectivity index (χ4v) is 5.16. The van der Waals surface area contributed by atoms with Crippen molar-refractivity contribution in [1.29, 1.82) is 0 Å². The number of ether oxygens (including phenoxy) is 1. The first-order chi connectivity index (χ1) is 16.2. The molecule has 4 rings (SSSR count). The largest absolute Gasteiger partial charge is 0.471 e. The van der Waals surface area contributed by atoms with E-state index in [1.807, 2.05) is 36.4 Å². The summed E-state index contributed by atoms with van der Waals surface area (Å²) >= 11 is 0. The number of esters is 1. The highest BCUT2D eigenvalue weighted by Gasteiger charge is 2.53. The Morgan fingerprint density at radius 2 is 1.79 bits per heavy atom. The van der Waals surface area contributed by atoms with Gasteiger partial charge in [-0.25, -0.2) is 4.79 Å². The minimum absolute atomic E-state index is 0.0312. The molecule has 2 aromatic rings. The number of benzene rings is 2. The smallest absolute Gasteiger partial charge is 0.465 e. The summed E-state index contributed by atoms with van der Waals surface area (Å²) in [5.74, 6) is -2.31. The SMILES string of the molecule is COC(=O)c1cccc(CC2(CN(C(=O)C(F)(F)F)C3CC3c3ccccc3)CCNCC2)c1. The molecule has 0 bridgehead atoms. The number of hydrogen-bond donors (Lipinski definition) is 1. The van der Waals surface area contributed by atoms with Crippen LogP contribution in [0.1, 0.15) is 46.7 Å². The Morgan fingerprint density at radius 1 is 1.09 bits per heavy atom. The van der Waals surface area contributed by atoms with E-state index >= 15 is 0 Å². The van der Waals surface area contributed by atoms with Gasteiger partial charge in [-0.2, -0.15) is 13.2 Å². The lowest BCUT2D eigenvalue weighted by molar-refractivity contribution is -0.188. The van der Waals surface area contributed by atoms with Gasteiger partial charge < -0.3 is 15.0 Å². The van der Waals surface area contributed by atoms with Gasteiger partial charge in [0.25, 0.3) is 0 Å². The molecule has 1 heterocycles. The van der Waals surface area contributed by atoms with Crippen LogP contribution in [0.4, 0.5) is 13.2 Å². The van der Waals surface area contributed by atoms with Gasteiger partial charge in [-0.15, -0.1) is 0 Å². The van der Waals surface area contributed by atoms with Crippen molar-refractivity contribution in [2.75, 3.05) is 26.7 Å². The van der Waals surface area contributed by atoms with E-state index in [9.17, 15) is 22.8 Å². The standard InChI is InChI=1S/C26H29F3N2O3/c1-34-23(32)20-9-5-6-18(14-20)16-25(10-12-30-13-11-25)17-31(24(33)26(27,28)29)22-15-21(22)19-7-3-2-4-8-19/h2-9,14,21-22,30H,10-13,15-17H2,1H3. The number of nitrogens with zero attached hydrogens (tertiary/aromatic N) is 1. The summed E-state index contributed by atoms with van der Waals surface area (Å²) in [6, 6.07) is 15.9. The Kier molecular flexibility index (Phi) is 6.98. The Hall–Kier alpha value is -2.87. The third-order valence-corrected chi connectivity index (χ3v) is 6.99. The quantitative estimate of drug-likeness (QED) is 0.607. The lowest BCUT2D eigenvalue weighted by Crippen LogP contribution is -2.51. The maximum atomic E-state index is 13.6. The second-order valence-corrected chi connectivity index (χ2v) is 9.37. The molecular formula is C26H29F3N2O3. The lowest BCUT2D eigenvalue weighted by Gasteiger charge is -2.42. The van der Waals surface area contributed by atoms with Crippen LogP contribution in [-0.2, 0) is 16.0 Å². The van der Waals surface area contributed by atoms with Gasteiger partial charge in [0.15, 0.2) is 0 Å². The number of carbonyl (C=O) groups excluding carboxylic acids is 2. The Labute approximate surface area is 197 Å². The van der Waals surface area contributed by atoms with Crippen molar-refractivity contribution in [3.8, 4) is 0 Å². The molecule has 1 saturated heterocycles. The molecule has 0 spiro atoms. The molecular weight excluding hydrogens is 445 g/mol. The van der Waals surface area contributed by atoms with Gasteiger partial charge in [0.05, 0.1) is 12.7 Å². The fraction of sp³-hybridized carbons (Fsp3) is 0.462. The first kappa shape index (κ1) is 24.3. The van der Waals surface area contributed by atoms with Crippen LogP contribution >= 0.6 is 0 Å². The van der Waals surface area contributed by atoms with Crippen molar-refractivity contribution in [1.82, 2.24) is 10.2 Å². The molecule has 1 amide bonds. The van der Waals surface area contributed by atoms with Gasteiger partial charge >= 0.3 is 18.1 Å².